The third-order valence-corrected chi connectivity index (χ3v) is 4.08. The molecule has 5 heteroatoms. The van der Waals surface area contributed by atoms with Crippen LogP contribution in [0, 0.1) is 13.8 Å². The molecule has 2 heterocycles. The molecule has 122 valence electrons. The summed E-state index contributed by atoms with van der Waals surface area (Å²) >= 11 is 0. The van der Waals surface area contributed by atoms with Crippen LogP contribution in [0.3, 0.4) is 0 Å². The maximum Gasteiger partial charge on any atom is 0.254 e. The van der Waals surface area contributed by atoms with Crippen molar-refractivity contribution < 1.29 is 9.53 Å². The van der Waals surface area contributed by atoms with Crippen LogP contribution in [0.4, 0.5) is 0 Å². The number of aromatic nitrogens is 2. The Morgan fingerprint density at radius 3 is 2.26 bits per heavy atom. The van der Waals surface area contributed by atoms with Crippen molar-refractivity contribution in [3.63, 3.8) is 0 Å². The van der Waals surface area contributed by atoms with E-state index in [1.54, 1.807) is 0 Å². The minimum absolute atomic E-state index is 0.0620. The van der Waals surface area contributed by atoms with Gasteiger partial charge in [0.05, 0.1) is 23.6 Å². The van der Waals surface area contributed by atoms with Gasteiger partial charge in [-0.1, -0.05) is 0 Å². The molecule has 0 aliphatic carbocycles. The summed E-state index contributed by atoms with van der Waals surface area (Å²) in [4.78, 5) is 14.5. The first-order valence-electron chi connectivity index (χ1n) is 8.02. The highest BCUT2D eigenvalue weighted by molar-refractivity contribution is 5.94. The molecule has 0 N–H and O–H groups in total. The number of hydrogen-bond acceptors (Lipinski definition) is 3. The third-order valence-electron chi connectivity index (χ3n) is 4.08. The van der Waals surface area contributed by atoms with E-state index in [1.165, 1.54) is 0 Å². The SMILES string of the molecule is Cc1cc(C)n(-c2ccc(C(=O)N3C[C@H](C)O[C@@H](C)C3)cc2)n1. The molecule has 0 unspecified atom stereocenters. The van der Waals surface area contributed by atoms with Gasteiger partial charge in [0.15, 0.2) is 0 Å². The Morgan fingerprint density at radius 2 is 1.74 bits per heavy atom. The van der Waals surface area contributed by atoms with Crippen LogP contribution in [0.25, 0.3) is 5.69 Å². The van der Waals surface area contributed by atoms with Crippen LogP contribution in [-0.4, -0.2) is 45.9 Å². The van der Waals surface area contributed by atoms with Crippen molar-refractivity contribution in [1.82, 2.24) is 14.7 Å². The summed E-state index contributed by atoms with van der Waals surface area (Å²) in [6.45, 7) is 9.28. The van der Waals surface area contributed by atoms with Crippen LogP contribution in [-0.2, 0) is 4.74 Å². The zero-order valence-corrected chi connectivity index (χ0v) is 14.1. The first-order chi connectivity index (χ1) is 10.9. The number of carbonyl (C=O) groups excluding carboxylic acids is 1. The quantitative estimate of drug-likeness (QED) is 0.856. The van der Waals surface area contributed by atoms with E-state index in [0.717, 1.165) is 17.1 Å². The molecule has 0 radical (unpaired) electrons. The smallest absolute Gasteiger partial charge is 0.254 e. The van der Waals surface area contributed by atoms with Crippen LogP contribution in [0.2, 0.25) is 0 Å². The van der Waals surface area contributed by atoms with Crippen molar-refractivity contribution in [3.05, 3.63) is 47.3 Å². The van der Waals surface area contributed by atoms with E-state index in [0.29, 0.717) is 18.7 Å². The average molecular weight is 313 g/mol. The fourth-order valence-corrected chi connectivity index (χ4v) is 3.16. The zero-order chi connectivity index (χ0) is 16.6. The van der Waals surface area contributed by atoms with Crippen molar-refractivity contribution in [3.8, 4) is 5.69 Å². The summed E-state index contributed by atoms with van der Waals surface area (Å²) in [5.41, 5.74) is 3.74. The summed E-state index contributed by atoms with van der Waals surface area (Å²) in [5, 5.41) is 4.47. The third kappa shape index (κ3) is 3.29. The number of rotatable bonds is 2. The van der Waals surface area contributed by atoms with E-state index in [1.807, 2.05) is 67.6 Å². The number of amides is 1. The molecule has 2 aromatic rings. The lowest BCUT2D eigenvalue weighted by molar-refractivity contribution is -0.0586. The van der Waals surface area contributed by atoms with Gasteiger partial charge in [-0.15, -0.1) is 0 Å². The highest BCUT2D eigenvalue weighted by Gasteiger charge is 2.26. The van der Waals surface area contributed by atoms with Crippen molar-refractivity contribution in [2.45, 2.75) is 39.9 Å². The summed E-state index contributed by atoms with van der Waals surface area (Å²) < 4.78 is 7.58. The Morgan fingerprint density at radius 1 is 1.13 bits per heavy atom. The minimum atomic E-state index is 0.0620. The summed E-state index contributed by atoms with van der Waals surface area (Å²) in [7, 11) is 0. The van der Waals surface area contributed by atoms with Gasteiger partial charge in [-0.3, -0.25) is 4.79 Å². The molecule has 1 aliphatic rings. The molecule has 0 spiro atoms. The second-order valence-electron chi connectivity index (χ2n) is 6.35. The fourth-order valence-electron chi connectivity index (χ4n) is 3.16. The van der Waals surface area contributed by atoms with Gasteiger partial charge in [-0.05, 0) is 58.0 Å². The largest absolute Gasteiger partial charge is 0.372 e. The highest BCUT2D eigenvalue weighted by atomic mass is 16.5. The molecule has 2 atom stereocenters. The van der Waals surface area contributed by atoms with Crippen molar-refractivity contribution in [1.29, 1.82) is 0 Å². The average Bonchev–Trinajstić information content (AvgIpc) is 2.84. The molecular formula is C18H23N3O2. The molecule has 1 aliphatic heterocycles. The van der Waals surface area contributed by atoms with E-state index < -0.39 is 0 Å². The number of hydrogen-bond donors (Lipinski definition) is 0. The van der Waals surface area contributed by atoms with E-state index in [4.69, 9.17) is 4.74 Å². The van der Waals surface area contributed by atoms with Crippen LogP contribution in [0.5, 0.6) is 0 Å². The Kier molecular flexibility index (Phi) is 4.22. The Labute approximate surface area is 136 Å². The van der Waals surface area contributed by atoms with Gasteiger partial charge < -0.3 is 9.64 Å². The van der Waals surface area contributed by atoms with E-state index in [9.17, 15) is 4.79 Å². The monoisotopic (exact) mass is 313 g/mol. The summed E-state index contributed by atoms with van der Waals surface area (Å²) in [6.07, 6.45) is 0.161. The van der Waals surface area contributed by atoms with Gasteiger partial charge in [-0.2, -0.15) is 5.10 Å². The van der Waals surface area contributed by atoms with Crippen LogP contribution in [0.1, 0.15) is 35.6 Å². The lowest BCUT2D eigenvalue weighted by atomic mass is 10.1. The standard InChI is InChI=1S/C18H23N3O2/c1-12-9-13(2)21(19-12)17-7-5-16(6-8-17)18(22)20-10-14(3)23-15(4)11-20/h5-9,14-15H,10-11H2,1-4H3/t14-,15-/m0/s1. The number of aryl methyl sites for hydroxylation is 2. The molecule has 0 saturated carbocycles. The number of nitrogens with zero attached hydrogens (tertiary/aromatic N) is 3. The van der Waals surface area contributed by atoms with Crippen molar-refractivity contribution in [2.24, 2.45) is 0 Å². The zero-order valence-electron chi connectivity index (χ0n) is 14.1. The molecule has 1 fully saturated rings. The number of carbonyl (C=O) groups is 1. The van der Waals surface area contributed by atoms with E-state index in [2.05, 4.69) is 5.10 Å². The minimum Gasteiger partial charge on any atom is -0.372 e. The van der Waals surface area contributed by atoms with Gasteiger partial charge in [0.2, 0.25) is 0 Å². The van der Waals surface area contributed by atoms with Crippen LogP contribution in [0.15, 0.2) is 30.3 Å². The lowest BCUT2D eigenvalue weighted by Crippen LogP contribution is -2.48. The van der Waals surface area contributed by atoms with Crippen LogP contribution >= 0.6 is 0 Å². The topological polar surface area (TPSA) is 47.4 Å². The molecule has 23 heavy (non-hydrogen) atoms. The van der Waals surface area contributed by atoms with E-state index in [-0.39, 0.29) is 18.1 Å². The Bertz CT molecular complexity index is 696. The second kappa shape index (κ2) is 6.16. The Hall–Kier alpha value is -2.14. The molecule has 5 nitrogen and oxygen atoms in total. The normalized spacial score (nSPS) is 21.5. The van der Waals surface area contributed by atoms with Crippen molar-refractivity contribution in [2.75, 3.05) is 13.1 Å². The maximum absolute atomic E-state index is 12.7. The predicted molar refractivity (Wildman–Crippen MR) is 89.0 cm³/mol. The first-order valence-corrected chi connectivity index (χ1v) is 8.02. The molecule has 1 aromatic carbocycles. The maximum atomic E-state index is 12.7. The molecule has 0 bridgehead atoms. The van der Waals surface area contributed by atoms with Crippen LogP contribution < -0.4 is 0 Å². The molecular weight excluding hydrogens is 290 g/mol. The fraction of sp³-hybridized carbons (Fsp3) is 0.444. The highest BCUT2D eigenvalue weighted by Crippen LogP contribution is 2.17. The summed E-state index contributed by atoms with van der Waals surface area (Å²) in [5.74, 6) is 0.0620. The van der Waals surface area contributed by atoms with Gasteiger partial charge in [0.1, 0.15) is 0 Å². The van der Waals surface area contributed by atoms with Crippen molar-refractivity contribution >= 4 is 5.91 Å². The van der Waals surface area contributed by atoms with Gasteiger partial charge in [-0.25, -0.2) is 4.68 Å². The number of morpholine rings is 1. The van der Waals surface area contributed by atoms with Gasteiger partial charge in [0.25, 0.3) is 5.91 Å². The Balaban J connectivity index is 1.79. The predicted octanol–water partition coefficient (Wildman–Crippen LogP) is 2.74. The van der Waals surface area contributed by atoms with Gasteiger partial charge in [0, 0.05) is 24.3 Å². The number of benzene rings is 1. The molecule has 1 amide bonds. The molecule has 1 saturated heterocycles. The molecule has 3 rings (SSSR count). The lowest BCUT2D eigenvalue weighted by Gasteiger charge is -2.35. The second-order valence-corrected chi connectivity index (χ2v) is 6.35. The first kappa shape index (κ1) is 15.7. The van der Waals surface area contributed by atoms with E-state index >= 15 is 0 Å². The van der Waals surface area contributed by atoms with Gasteiger partial charge >= 0.3 is 0 Å². The summed E-state index contributed by atoms with van der Waals surface area (Å²) in [6, 6.07) is 9.67. The number of ether oxygens (including phenoxy) is 1. The molecule has 1 aromatic heterocycles.